The van der Waals surface area contributed by atoms with E-state index >= 15 is 0 Å². The summed E-state index contributed by atoms with van der Waals surface area (Å²) in [4.78, 5) is 14.7. The quantitative estimate of drug-likeness (QED) is 0.798. The zero-order chi connectivity index (χ0) is 13.8. The van der Waals surface area contributed by atoms with Crippen LogP contribution in [0.25, 0.3) is 11.0 Å². The lowest BCUT2D eigenvalue weighted by atomic mass is 10.3. The average molecular weight is 280 g/mol. The van der Waals surface area contributed by atoms with Gasteiger partial charge in [0.25, 0.3) is 0 Å². The van der Waals surface area contributed by atoms with E-state index in [9.17, 15) is 9.90 Å². The van der Waals surface area contributed by atoms with Crippen molar-refractivity contribution >= 4 is 22.8 Å². The number of benzene rings is 1. The van der Waals surface area contributed by atoms with Crippen LogP contribution in [0.1, 0.15) is 20.3 Å². The van der Waals surface area contributed by atoms with Crippen LogP contribution in [0, 0.1) is 0 Å². The summed E-state index contributed by atoms with van der Waals surface area (Å²) < 4.78 is 1.78. The Morgan fingerprint density at radius 1 is 1.37 bits per heavy atom. The fourth-order valence-corrected chi connectivity index (χ4v) is 2.91. The number of hydrogen-bond acceptors (Lipinski definition) is 3. The van der Waals surface area contributed by atoms with Crippen LogP contribution in [0.3, 0.4) is 0 Å². The predicted molar refractivity (Wildman–Crippen MR) is 80.8 cm³/mol. The van der Waals surface area contributed by atoms with Crippen molar-refractivity contribution in [3.05, 3.63) is 34.7 Å². The average Bonchev–Trinajstić information content (AvgIpc) is 2.70. The SMILES string of the molecule is CC(O)C(C)SCCCn1c(=O)[nH]c2ccccc21. The normalized spacial score (nSPS) is 14.7. The van der Waals surface area contributed by atoms with Crippen LogP contribution in [0.15, 0.2) is 29.1 Å². The first-order valence-electron chi connectivity index (χ1n) is 6.57. The van der Waals surface area contributed by atoms with E-state index in [2.05, 4.69) is 4.98 Å². The number of imidazole rings is 1. The number of fused-ring (bicyclic) bond motifs is 1. The maximum atomic E-state index is 11.8. The van der Waals surface area contributed by atoms with Crippen LogP contribution in [-0.2, 0) is 6.54 Å². The third-order valence-electron chi connectivity index (χ3n) is 3.27. The summed E-state index contributed by atoms with van der Waals surface area (Å²) in [5.41, 5.74) is 1.80. The second kappa shape index (κ2) is 6.30. The first kappa shape index (κ1) is 14.2. The van der Waals surface area contributed by atoms with Crippen LogP contribution < -0.4 is 5.69 Å². The molecular formula is C14H20N2O2S. The first-order valence-corrected chi connectivity index (χ1v) is 7.61. The maximum absolute atomic E-state index is 11.8. The molecule has 104 valence electrons. The third kappa shape index (κ3) is 3.42. The summed E-state index contributed by atoms with van der Waals surface area (Å²) in [5, 5.41) is 9.64. The van der Waals surface area contributed by atoms with E-state index < -0.39 is 0 Å². The van der Waals surface area contributed by atoms with E-state index in [1.807, 2.05) is 38.1 Å². The molecule has 0 saturated carbocycles. The minimum absolute atomic E-state index is 0.0465. The Kier molecular flexibility index (Phi) is 4.71. The fourth-order valence-electron chi connectivity index (χ4n) is 1.96. The van der Waals surface area contributed by atoms with Crippen molar-refractivity contribution in [3.8, 4) is 0 Å². The Balaban J connectivity index is 1.95. The lowest BCUT2D eigenvalue weighted by Crippen LogP contribution is -2.18. The van der Waals surface area contributed by atoms with E-state index in [0.717, 1.165) is 23.2 Å². The third-order valence-corrected chi connectivity index (χ3v) is 4.71. The molecule has 0 aliphatic rings. The highest BCUT2D eigenvalue weighted by Gasteiger charge is 2.09. The summed E-state index contributed by atoms with van der Waals surface area (Å²) in [5.74, 6) is 0.942. The van der Waals surface area contributed by atoms with Gasteiger partial charge in [0.05, 0.1) is 17.1 Å². The molecule has 2 aromatic rings. The molecule has 0 aliphatic heterocycles. The number of H-pyrrole nitrogens is 1. The Morgan fingerprint density at radius 2 is 2.11 bits per heavy atom. The molecule has 5 heteroatoms. The second-order valence-corrected chi connectivity index (χ2v) is 6.25. The minimum atomic E-state index is -0.291. The van der Waals surface area contributed by atoms with Gasteiger partial charge in [-0.2, -0.15) is 11.8 Å². The van der Waals surface area contributed by atoms with Crippen LogP contribution in [0.5, 0.6) is 0 Å². The molecule has 0 bridgehead atoms. The summed E-state index contributed by atoms with van der Waals surface area (Å²) in [6.07, 6.45) is 0.629. The zero-order valence-corrected chi connectivity index (χ0v) is 12.1. The number of rotatable bonds is 6. The Hall–Kier alpha value is -1.20. The number of aliphatic hydroxyl groups excluding tert-OH is 1. The Labute approximate surface area is 116 Å². The highest BCUT2D eigenvalue weighted by atomic mass is 32.2. The predicted octanol–water partition coefficient (Wildman–Crippen LogP) is 2.22. The van der Waals surface area contributed by atoms with Gasteiger partial charge in [0.1, 0.15) is 0 Å². The topological polar surface area (TPSA) is 58.0 Å². The van der Waals surface area contributed by atoms with Crippen molar-refractivity contribution in [1.29, 1.82) is 0 Å². The van der Waals surface area contributed by atoms with E-state index in [1.165, 1.54) is 0 Å². The van der Waals surface area contributed by atoms with Gasteiger partial charge in [-0.05, 0) is 31.2 Å². The van der Waals surface area contributed by atoms with Gasteiger partial charge in [-0.15, -0.1) is 0 Å². The van der Waals surface area contributed by atoms with Crippen LogP contribution in [-0.4, -0.2) is 31.8 Å². The molecule has 1 aromatic heterocycles. The number of aromatic amines is 1. The first-order chi connectivity index (χ1) is 9.09. The maximum Gasteiger partial charge on any atom is 0.326 e. The van der Waals surface area contributed by atoms with E-state index in [4.69, 9.17) is 0 Å². The van der Waals surface area contributed by atoms with Crippen molar-refractivity contribution in [2.45, 2.75) is 38.2 Å². The summed E-state index contributed by atoms with van der Waals surface area (Å²) in [6.45, 7) is 4.54. The van der Waals surface area contributed by atoms with E-state index in [-0.39, 0.29) is 17.0 Å². The molecule has 2 atom stereocenters. The van der Waals surface area contributed by atoms with E-state index in [1.54, 1.807) is 16.3 Å². The molecule has 1 aromatic carbocycles. The second-order valence-electron chi connectivity index (χ2n) is 4.77. The molecule has 19 heavy (non-hydrogen) atoms. The zero-order valence-electron chi connectivity index (χ0n) is 11.3. The van der Waals surface area contributed by atoms with Gasteiger partial charge in [-0.1, -0.05) is 19.1 Å². The number of thioether (sulfide) groups is 1. The molecular weight excluding hydrogens is 260 g/mol. The highest BCUT2D eigenvalue weighted by molar-refractivity contribution is 7.99. The number of para-hydroxylation sites is 2. The van der Waals surface area contributed by atoms with Gasteiger partial charge in [-0.3, -0.25) is 4.57 Å². The van der Waals surface area contributed by atoms with Crippen molar-refractivity contribution in [2.75, 3.05) is 5.75 Å². The number of aromatic nitrogens is 2. The molecule has 0 fully saturated rings. The summed E-state index contributed by atoms with van der Waals surface area (Å²) >= 11 is 1.74. The highest BCUT2D eigenvalue weighted by Crippen LogP contribution is 2.16. The molecule has 0 amide bonds. The van der Waals surface area contributed by atoms with Crippen LogP contribution >= 0.6 is 11.8 Å². The van der Waals surface area contributed by atoms with Crippen molar-refractivity contribution in [2.24, 2.45) is 0 Å². The van der Waals surface area contributed by atoms with Gasteiger partial charge < -0.3 is 10.1 Å². The standard InChI is InChI=1S/C14H20N2O2S/c1-10(17)11(2)19-9-5-8-16-13-7-4-3-6-12(13)15-14(16)18/h3-4,6-7,10-11,17H,5,8-9H2,1-2H3,(H,15,18). The van der Waals surface area contributed by atoms with Gasteiger partial charge in [-0.25, -0.2) is 4.79 Å². The largest absolute Gasteiger partial charge is 0.392 e. The number of hydrogen-bond donors (Lipinski definition) is 2. The summed E-state index contributed by atoms with van der Waals surface area (Å²) in [6, 6.07) is 7.73. The lowest BCUT2D eigenvalue weighted by molar-refractivity contribution is 0.196. The monoisotopic (exact) mass is 280 g/mol. The van der Waals surface area contributed by atoms with Gasteiger partial charge in [0, 0.05) is 11.8 Å². The minimum Gasteiger partial charge on any atom is -0.392 e. The molecule has 4 nitrogen and oxygen atoms in total. The van der Waals surface area contributed by atoms with Crippen molar-refractivity contribution < 1.29 is 5.11 Å². The molecule has 0 aliphatic carbocycles. The molecule has 0 spiro atoms. The molecule has 2 N–H and O–H groups in total. The van der Waals surface area contributed by atoms with Crippen molar-refractivity contribution in [3.63, 3.8) is 0 Å². The van der Waals surface area contributed by atoms with Crippen molar-refractivity contribution in [1.82, 2.24) is 9.55 Å². The van der Waals surface area contributed by atoms with E-state index in [0.29, 0.717) is 6.54 Å². The summed E-state index contributed by atoms with van der Waals surface area (Å²) in [7, 11) is 0. The fraction of sp³-hybridized carbons (Fsp3) is 0.500. The lowest BCUT2D eigenvalue weighted by Gasteiger charge is -2.13. The number of aliphatic hydroxyl groups is 1. The van der Waals surface area contributed by atoms with Gasteiger partial charge in [0.2, 0.25) is 0 Å². The van der Waals surface area contributed by atoms with Gasteiger partial charge in [0.15, 0.2) is 0 Å². The molecule has 2 unspecified atom stereocenters. The molecule has 0 radical (unpaired) electrons. The molecule has 2 rings (SSSR count). The number of aryl methyl sites for hydroxylation is 1. The van der Waals surface area contributed by atoms with Crippen LogP contribution in [0.2, 0.25) is 0 Å². The number of nitrogens with zero attached hydrogens (tertiary/aromatic N) is 1. The Bertz CT molecular complexity index is 588. The smallest absolute Gasteiger partial charge is 0.326 e. The Morgan fingerprint density at radius 3 is 2.84 bits per heavy atom. The number of nitrogens with one attached hydrogen (secondary N) is 1. The molecule has 1 heterocycles. The van der Waals surface area contributed by atoms with Gasteiger partial charge >= 0.3 is 5.69 Å². The van der Waals surface area contributed by atoms with Crippen LogP contribution in [0.4, 0.5) is 0 Å². The molecule has 0 saturated heterocycles.